The average molecular weight is 191 g/mol. The number of hydrogen-bond donors (Lipinski definition) is 1. The van der Waals surface area contributed by atoms with E-state index in [0.717, 1.165) is 24.3 Å². The highest BCUT2D eigenvalue weighted by Gasteiger charge is 2.29. The van der Waals surface area contributed by atoms with Crippen molar-refractivity contribution in [2.45, 2.75) is 19.3 Å². The second-order valence-corrected chi connectivity index (χ2v) is 3.52. The fourth-order valence-electron chi connectivity index (χ4n) is 1.46. The average Bonchev–Trinajstić information content (AvgIpc) is 2.15. The number of carbonyl (C=O) groups excluding carboxylic acids is 1. The topological polar surface area (TPSA) is 59.2 Å². The van der Waals surface area contributed by atoms with Crippen LogP contribution in [0.3, 0.4) is 0 Å². The van der Waals surface area contributed by atoms with E-state index in [9.17, 15) is 4.79 Å². The van der Waals surface area contributed by atoms with Crippen molar-refractivity contribution >= 4 is 11.7 Å². The normalized spacial score (nSPS) is 16.1. The molecule has 2 N–H and O–H groups in total. The van der Waals surface area contributed by atoms with E-state index in [1.807, 2.05) is 6.07 Å². The molecule has 0 spiro atoms. The molecule has 4 nitrogen and oxygen atoms in total. The van der Waals surface area contributed by atoms with Gasteiger partial charge in [0.05, 0.1) is 0 Å². The van der Waals surface area contributed by atoms with Crippen molar-refractivity contribution in [1.82, 2.24) is 4.98 Å². The molecule has 1 amide bonds. The number of nitrogens with zero attached hydrogens (tertiary/aromatic N) is 2. The van der Waals surface area contributed by atoms with Crippen molar-refractivity contribution in [1.29, 1.82) is 0 Å². The molecule has 0 saturated heterocycles. The first-order chi connectivity index (χ1) is 6.79. The predicted octanol–water partition coefficient (Wildman–Crippen LogP) is 1.09. The van der Waals surface area contributed by atoms with Crippen LogP contribution in [0.2, 0.25) is 0 Å². The van der Waals surface area contributed by atoms with Gasteiger partial charge in [-0.25, -0.2) is 15.8 Å². The van der Waals surface area contributed by atoms with Crippen molar-refractivity contribution in [3.63, 3.8) is 0 Å². The largest absolute Gasteiger partial charge is 0.273 e. The van der Waals surface area contributed by atoms with Crippen LogP contribution >= 0.6 is 0 Å². The Hall–Kier alpha value is -1.42. The van der Waals surface area contributed by atoms with Gasteiger partial charge in [-0.05, 0) is 25.0 Å². The first-order valence-electron chi connectivity index (χ1n) is 4.79. The zero-order chi connectivity index (χ0) is 9.97. The molecular weight excluding hydrogens is 178 g/mol. The van der Waals surface area contributed by atoms with Crippen LogP contribution in [0, 0.1) is 5.92 Å². The van der Waals surface area contributed by atoms with E-state index >= 15 is 0 Å². The molecule has 0 atom stereocenters. The summed E-state index contributed by atoms with van der Waals surface area (Å²) in [6.45, 7) is 0. The summed E-state index contributed by atoms with van der Waals surface area (Å²) in [6.07, 6.45) is 4.68. The number of amides is 1. The summed E-state index contributed by atoms with van der Waals surface area (Å²) in [7, 11) is 0. The van der Waals surface area contributed by atoms with Gasteiger partial charge in [-0.3, -0.25) is 4.79 Å². The Morgan fingerprint density at radius 2 is 2.29 bits per heavy atom. The van der Waals surface area contributed by atoms with Gasteiger partial charge in [-0.1, -0.05) is 12.5 Å². The number of carbonyl (C=O) groups is 1. The van der Waals surface area contributed by atoms with Gasteiger partial charge in [0.1, 0.15) is 5.82 Å². The van der Waals surface area contributed by atoms with Crippen LogP contribution in [-0.4, -0.2) is 10.9 Å². The van der Waals surface area contributed by atoms with E-state index in [4.69, 9.17) is 5.84 Å². The quantitative estimate of drug-likeness (QED) is 0.432. The minimum absolute atomic E-state index is 0.0186. The van der Waals surface area contributed by atoms with E-state index in [1.54, 1.807) is 18.3 Å². The zero-order valence-electron chi connectivity index (χ0n) is 7.89. The van der Waals surface area contributed by atoms with E-state index < -0.39 is 0 Å². The van der Waals surface area contributed by atoms with Gasteiger partial charge < -0.3 is 0 Å². The molecule has 4 heteroatoms. The Balaban J connectivity index is 2.07. The fraction of sp³-hybridized carbons (Fsp3) is 0.400. The number of pyridine rings is 1. The lowest BCUT2D eigenvalue weighted by atomic mass is 9.84. The molecule has 1 aliphatic carbocycles. The van der Waals surface area contributed by atoms with Crippen LogP contribution in [0.25, 0.3) is 0 Å². The second kappa shape index (κ2) is 3.75. The molecule has 0 radical (unpaired) electrons. The summed E-state index contributed by atoms with van der Waals surface area (Å²) < 4.78 is 0. The summed E-state index contributed by atoms with van der Waals surface area (Å²) >= 11 is 0. The van der Waals surface area contributed by atoms with E-state index in [1.165, 1.54) is 0 Å². The van der Waals surface area contributed by atoms with Crippen LogP contribution in [-0.2, 0) is 4.79 Å². The number of anilines is 1. The minimum Gasteiger partial charge on any atom is -0.273 e. The van der Waals surface area contributed by atoms with E-state index in [2.05, 4.69) is 4.98 Å². The van der Waals surface area contributed by atoms with Crippen LogP contribution in [0.15, 0.2) is 24.4 Å². The summed E-state index contributed by atoms with van der Waals surface area (Å²) in [4.78, 5) is 15.7. The molecule has 2 rings (SSSR count). The summed E-state index contributed by atoms with van der Waals surface area (Å²) in [5, 5.41) is 1.16. The Morgan fingerprint density at radius 3 is 2.79 bits per heavy atom. The molecule has 1 fully saturated rings. The summed E-state index contributed by atoms with van der Waals surface area (Å²) in [5.41, 5.74) is 0. The molecule has 0 aromatic carbocycles. The maximum absolute atomic E-state index is 11.7. The van der Waals surface area contributed by atoms with Gasteiger partial charge in [0.25, 0.3) is 0 Å². The van der Waals surface area contributed by atoms with Crippen molar-refractivity contribution in [3.05, 3.63) is 24.4 Å². The number of rotatable bonds is 2. The number of hydrogen-bond acceptors (Lipinski definition) is 3. The first kappa shape index (κ1) is 9.15. The molecule has 1 heterocycles. The van der Waals surface area contributed by atoms with Gasteiger partial charge in [-0.15, -0.1) is 0 Å². The molecule has 1 saturated carbocycles. The zero-order valence-corrected chi connectivity index (χ0v) is 7.89. The van der Waals surface area contributed by atoms with Crippen molar-refractivity contribution in [2.75, 3.05) is 5.01 Å². The maximum Gasteiger partial charge on any atom is 0.245 e. The lowest BCUT2D eigenvalue weighted by Gasteiger charge is -2.27. The van der Waals surface area contributed by atoms with Crippen LogP contribution in [0.5, 0.6) is 0 Å². The van der Waals surface area contributed by atoms with Gasteiger partial charge in [0.2, 0.25) is 5.91 Å². The Bertz CT molecular complexity index is 321. The fourth-order valence-corrected chi connectivity index (χ4v) is 1.46. The van der Waals surface area contributed by atoms with Crippen molar-refractivity contribution < 1.29 is 4.79 Å². The van der Waals surface area contributed by atoms with Gasteiger partial charge in [-0.2, -0.15) is 0 Å². The Labute approximate surface area is 82.7 Å². The lowest BCUT2D eigenvalue weighted by Crippen LogP contribution is -2.44. The number of hydrazine groups is 1. The van der Waals surface area contributed by atoms with Gasteiger partial charge in [0, 0.05) is 12.1 Å². The third kappa shape index (κ3) is 1.61. The van der Waals surface area contributed by atoms with Gasteiger partial charge >= 0.3 is 0 Å². The molecule has 74 valence electrons. The third-order valence-corrected chi connectivity index (χ3v) is 2.59. The third-order valence-electron chi connectivity index (χ3n) is 2.59. The monoisotopic (exact) mass is 191 g/mol. The summed E-state index contributed by atoms with van der Waals surface area (Å²) in [6, 6.07) is 5.35. The predicted molar refractivity (Wildman–Crippen MR) is 53.3 cm³/mol. The SMILES string of the molecule is NN(C(=O)C1CCC1)c1ccccn1. The maximum atomic E-state index is 11.7. The molecule has 0 aliphatic heterocycles. The van der Waals surface area contributed by atoms with E-state index in [-0.39, 0.29) is 11.8 Å². The lowest BCUT2D eigenvalue weighted by molar-refractivity contribution is -0.124. The van der Waals surface area contributed by atoms with Gasteiger partial charge in [0.15, 0.2) is 0 Å². The highest BCUT2D eigenvalue weighted by Crippen LogP contribution is 2.28. The number of aromatic nitrogens is 1. The molecule has 1 aromatic heterocycles. The number of nitrogens with two attached hydrogens (primary N) is 1. The molecule has 1 aromatic rings. The van der Waals surface area contributed by atoms with Crippen LogP contribution in [0.1, 0.15) is 19.3 Å². The van der Waals surface area contributed by atoms with E-state index in [0.29, 0.717) is 5.82 Å². The van der Waals surface area contributed by atoms with Crippen LogP contribution < -0.4 is 10.9 Å². The highest BCUT2D eigenvalue weighted by atomic mass is 16.2. The first-order valence-corrected chi connectivity index (χ1v) is 4.79. The van der Waals surface area contributed by atoms with Crippen molar-refractivity contribution in [3.8, 4) is 0 Å². The minimum atomic E-state index is -0.0186. The highest BCUT2D eigenvalue weighted by molar-refractivity contribution is 5.93. The molecule has 14 heavy (non-hydrogen) atoms. The van der Waals surface area contributed by atoms with Crippen LogP contribution in [0.4, 0.5) is 5.82 Å². The van der Waals surface area contributed by atoms with Crippen molar-refractivity contribution in [2.24, 2.45) is 11.8 Å². The molecular formula is C10H13N3O. The molecule has 0 bridgehead atoms. The summed E-state index contributed by atoms with van der Waals surface area (Å²) in [5.74, 6) is 6.28. The smallest absolute Gasteiger partial charge is 0.245 e. The molecule has 1 aliphatic rings. The molecule has 0 unspecified atom stereocenters. The Morgan fingerprint density at radius 1 is 1.50 bits per heavy atom. The second-order valence-electron chi connectivity index (χ2n) is 3.52. The standard InChI is InChI=1S/C10H13N3O/c11-13(9-6-1-2-7-12-9)10(14)8-4-3-5-8/h1-2,6-8H,3-5,11H2. The Kier molecular flexibility index (Phi) is 2.45.